The minimum absolute atomic E-state index is 0.0603. The number of nitrogens with zero attached hydrogens (tertiary/aromatic N) is 4. The lowest BCUT2D eigenvalue weighted by Crippen LogP contribution is -2.14. The van der Waals surface area contributed by atoms with Crippen LogP contribution in [0.4, 0.5) is 15.9 Å². The van der Waals surface area contributed by atoms with Crippen molar-refractivity contribution in [3.63, 3.8) is 0 Å². The Hall–Kier alpha value is -4.92. The van der Waals surface area contributed by atoms with Crippen molar-refractivity contribution in [3.8, 4) is 22.3 Å². The predicted molar refractivity (Wildman–Crippen MR) is 153 cm³/mol. The average molecular weight is 522 g/mol. The summed E-state index contributed by atoms with van der Waals surface area (Å²) in [5.41, 5.74) is 5.68. The van der Waals surface area contributed by atoms with Crippen LogP contribution in [0.25, 0.3) is 39.0 Å². The van der Waals surface area contributed by atoms with Gasteiger partial charge in [0.15, 0.2) is 5.65 Å². The molecule has 9 heteroatoms. The van der Waals surface area contributed by atoms with Gasteiger partial charge in [0.25, 0.3) is 0 Å². The van der Waals surface area contributed by atoms with Gasteiger partial charge in [0.05, 0.1) is 17.4 Å². The van der Waals surface area contributed by atoms with Crippen LogP contribution in [0.3, 0.4) is 0 Å². The van der Waals surface area contributed by atoms with Crippen LogP contribution in [-0.2, 0) is 4.79 Å². The lowest BCUT2D eigenvalue weighted by Gasteiger charge is -2.12. The van der Waals surface area contributed by atoms with E-state index in [9.17, 15) is 9.18 Å². The summed E-state index contributed by atoms with van der Waals surface area (Å²) in [5, 5.41) is 6.01. The number of halogens is 1. The number of aromatic nitrogens is 5. The van der Waals surface area contributed by atoms with Crippen molar-refractivity contribution in [3.05, 3.63) is 91.0 Å². The van der Waals surface area contributed by atoms with Gasteiger partial charge in [-0.15, -0.1) is 0 Å². The zero-order valence-corrected chi connectivity index (χ0v) is 21.9. The summed E-state index contributed by atoms with van der Waals surface area (Å²) in [4.78, 5) is 33.5. The van der Waals surface area contributed by atoms with E-state index in [1.54, 1.807) is 56.1 Å². The van der Waals surface area contributed by atoms with E-state index in [0.717, 1.165) is 16.7 Å². The summed E-state index contributed by atoms with van der Waals surface area (Å²) >= 11 is 0. The molecule has 1 amide bonds. The number of aromatic amines is 1. The molecule has 0 atom stereocenters. The highest BCUT2D eigenvalue weighted by Crippen LogP contribution is 2.33. The van der Waals surface area contributed by atoms with Gasteiger partial charge in [0, 0.05) is 65.4 Å². The molecule has 5 aromatic rings. The minimum atomic E-state index is -0.328. The van der Waals surface area contributed by atoms with E-state index in [0.29, 0.717) is 51.6 Å². The second-order valence-corrected chi connectivity index (χ2v) is 9.58. The molecule has 0 saturated heterocycles. The molecule has 0 unspecified atom stereocenters. The van der Waals surface area contributed by atoms with Crippen LogP contribution in [0.2, 0.25) is 0 Å². The molecule has 1 aromatic carbocycles. The molecule has 4 aromatic heterocycles. The first-order valence-electron chi connectivity index (χ1n) is 12.6. The Bertz CT molecular complexity index is 1690. The number of anilines is 2. The molecule has 8 nitrogen and oxygen atoms in total. The maximum atomic E-state index is 14.6. The Kier molecular flexibility index (Phi) is 7.14. The molecular formula is C30H28FN7O. The number of carbonyl (C=O) groups is 1. The molecular weight excluding hydrogens is 493 g/mol. The van der Waals surface area contributed by atoms with E-state index in [2.05, 4.69) is 42.1 Å². The minimum Gasteiger partial charge on any atom is -0.373 e. The van der Waals surface area contributed by atoms with Crippen LogP contribution in [0.1, 0.15) is 31.7 Å². The summed E-state index contributed by atoms with van der Waals surface area (Å²) < 4.78 is 14.6. The van der Waals surface area contributed by atoms with Crippen LogP contribution in [0, 0.1) is 11.7 Å². The Morgan fingerprint density at radius 3 is 2.62 bits per heavy atom. The van der Waals surface area contributed by atoms with E-state index in [-0.39, 0.29) is 17.6 Å². The van der Waals surface area contributed by atoms with E-state index in [1.807, 2.05) is 26.0 Å². The molecule has 0 saturated carbocycles. The average Bonchev–Trinajstić information content (AvgIpc) is 3.37. The van der Waals surface area contributed by atoms with Gasteiger partial charge in [-0.05, 0) is 30.2 Å². The van der Waals surface area contributed by atoms with Crippen LogP contribution in [0.15, 0.2) is 73.8 Å². The van der Waals surface area contributed by atoms with Crippen molar-refractivity contribution in [1.29, 1.82) is 0 Å². The number of hydrogen-bond acceptors (Lipinski definition) is 6. The smallest absolute Gasteiger partial charge is 0.224 e. The van der Waals surface area contributed by atoms with Crippen LogP contribution >= 0.6 is 0 Å². The van der Waals surface area contributed by atoms with Crippen molar-refractivity contribution >= 4 is 34.1 Å². The van der Waals surface area contributed by atoms with Gasteiger partial charge in [-0.25, -0.2) is 19.3 Å². The lowest BCUT2D eigenvalue weighted by molar-refractivity contribution is -0.116. The summed E-state index contributed by atoms with van der Waals surface area (Å²) in [6.07, 6.45) is 7.10. The third-order valence-corrected chi connectivity index (χ3v) is 6.24. The summed E-state index contributed by atoms with van der Waals surface area (Å²) in [7, 11) is 1.78. The number of pyridine rings is 3. The highest BCUT2D eigenvalue weighted by molar-refractivity contribution is 5.94. The van der Waals surface area contributed by atoms with E-state index in [1.165, 1.54) is 6.07 Å². The fourth-order valence-corrected chi connectivity index (χ4v) is 4.39. The molecule has 3 N–H and O–H groups in total. The van der Waals surface area contributed by atoms with Gasteiger partial charge in [-0.2, -0.15) is 0 Å². The number of nitrogens with one attached hydrogen (secondary N) is 3. The number of amides is 1. The quantitative estimate of drug-likeness (QED) is 0.221. The molecule has 0 radical (unpaired) electrons. The highest BCUT2D eigenvalue weighted by atomic mass is 19.1. The third-order valence-electron chi connectivity index (χ3n) is 6.24. The molecule has 0 aliphatic rings. The Balaban J connectivity index is 1.51. The van der Waals surface area contributed by atoms with E-state index < -0.39 is 0 Å². The molecule has 196 valence electrons. The van der Waals surface area contributed by atoms with Gasteiger partial charge < -0.3 is 15.6 Å². The fraction of sp³-hybridized carbons (Fsp3) is 0.167. The van der Waals surface area contributed by atoms with Gasteiger partial charge in [0.2, 0.25) is 5.91 Å². The van der Waals surface area contributed by atoms with Gasteiger partial charge in [-0.1, -0.05) is 38.6 Å². The van der Waals surface area contributed by atoms with Crippen molar-refractivity contribution in [2.24, 2.45) is 5.92 Å². The maximum absolute atomic E-state index is 14.6. The first-order valence-corrected chi connectivity index (χ1v) is 12.6. The molecule has 0 spiro atoms. The molecule has 0 fully saturated rings. The number of H-pyrrole nitrogens is 1. The zero-order valence-electron chi connectivity index (χ0n) is 21.9. The number of carbonyl (C=O) groups excluding carboxylic acids is 1. The number of hydrogen-bond donors (Lipinski definition) is 3. The van der Waals surface area contributed by atoms with Crippen molar-refractivity contribution < 1.29 is 9.18 Å². The summed E-state index contributed by atoms with van der Waals surface area (Å²) in [5.74, 6) is 0.968. The SMILES string of the molecule is C=C(c1nc2nccc(-c3ccccc3F)c2[nH]1)c1cc(-c2cncc(NC(=O)CC(C)C)c2)cnc1NC. The van der Waals surface area contributed by atoms with Crippen molar-refractivity contribution in [1.82, 2.24) is 24.9 Å². The van der Waals surface area contributed by atoms with Crippen molar-refractivity contribution in [2.45, 2.75) is 20.3 Å². The first-order chi connectivity index (χ1) is 18.8. The second kappa shape index (κ2) is 10.8. The second-order valence-electron chi connectivity index (χ2n) is 9.58. The molecule has 39 heavy (non-hydrogen) atoms. The number of imidazole rings is 1. The summed E-state index contributed by atoms with van der Waals surface area (Å²) in [6.45, 7) is 8.28. The largest absolute Gasteiger partial charge is 0.373 e. The zero-order chi connectivity index (χ0) is 27.5. The standard InChI is InChI=1S/C30H28FN7O/c1-17(2)11-26(39)36-21-12-19(14-33-16-21)20-13-24(29(32-4)35-15-20)18(3)28-37-27-23(9-10-34-30(27)38-28)22-7-5-6-8-25(22)31/h5-10,12-17H,3,11H2,1-2,4H3,(H,32,35)(H,36,39)(H,34,37,38). The number of rotatable bonds is 8. The van der Waals surface area contributed by atoms with Crippen LogP contribution in [0.5, 0.6) is 0 Å². The highest BCUT2D eigenvalue weighted by Gasteiger charge is 2.18. The molecule has 0 bridgehead atoms. The normalized spacial score (nSPS) is 11.1. The maximum Gasteiger partial charge on any atom is 0.224 e. The lowest BCUT2D eigenvalue weighted by atomic mass is 10.0. The number of fused-ring (bicyclic) bond motifs is 1. The summed E-state index contributed by atoms with van der Waals surface area (Å²) in [6, 6.07) is 12.1. The van der Waals surface area contributed by atoms with E-state index in [4.69, 9.17) is 0 Å². The van der Waals surface area contributed by atoms with Crippen LogP contribution < -0.4 is 10.6 Å². The van der Waals surface area contributed by atoms with Gasteiger partial charge in [-0.3, -0.25) is 9.78 Å². The monoisotopic (exact) mass is 521 g/mol. The Morgan fingerprint density at radius 2 is 1.85 bits per heavy atom. The van der Waals surface area contributed by atoms with Gasteiger partial charge >= 0.3 is 0 Å². The molecule has 5 rings (SSSR count). The fourth-order valence-electron chi connectivity index (χ4n) is 4.39. The molecule has 0 aliphatic heterocycles. The third kappa shape index (κ3) is 5.38. The Labute approximate surface area is 225 Å². The number of benzene rings is 1. The predicted octanol–water partition coefficient (Wildman–Crippen LogP) is 6.31. The molecule has 0 aliphatic carbocycles. The van der Waals surface area contributed by atoms with E-state index >= 15 is 0 Å². The topological polar surface area (TPSA) is 108 Å². The molecule has 4 heterocycles. The Morgan fingerprint density at radius 1 is 1.05 bits per heavy atom. The van der Waals surface area contributed by atoms with Crippen LogP contribution in [-0.4, -0.2) is 37.9 Å². The van der Waals surface area contributed by atoms with Crippen molar-refractivity contribution in [2.75, 3.05) is 17.7 Å². The first kappa shape index (κ1) is 25.7. The van der Waals surface area contributed by atoms with Gasteiger partial charge in [0.1, 0.15) is 17.5 Å².